The number of aromatic nitrogens is 1. The summed E-state index contributed by atoms with van der Waals surface area (Å²) in [6.07, 6.45) is 10.8. The fraction of sp³-hybridized carbons (Fsp3) is 0.542. The minimum absolute atomic E-state index is 0.125. The van der Waals surface area contributed by atoms with Gasteiger partial charge in [0.2, 0.25) is 0 Å². The predicted molar refractivity (Wildman–Crippen MR) is 118 cm³/mol. The van der Waals surface area contributed by atoms with Crippen LogP contribution in [0.25, 0.3) is 16.5 Å². The summed E-state index contributed by atoms with van der Waals surface area (Å²) in [5.74, 6) is -0.351. The molecule has 0 bridgehead atoms. The van der Waals surface area contributed by atoms with E-state index in [2.05, 4.69) is 30.3 Å². The number of benzene rings is 1. The Morgan fingerprint density at radius 2 is 2.04 bits per heavy atom. The maximum absolute atomic E-state index is 14.9. The molecule has 1 saturated carbocycles. The molecule has 1 aliphatic rings. The van der Waals surface area contributed by atoms with Gasteiger partial charge in [0.25, 0.3) is 0 Å². The number of halogens is 1. The number of anilines is 1. The second kappa shape index (κ2) is 8.93. The summed E-state index contributed by atoms with van der Waals surface area (Å²) in [5.41, 5.74) is 2.53. The highest BCUT2D eigenvalue weighted by Gasteiger charge is 2.22. The number of hydrogen-bond donors (Lipinski definition) is 1. The van der Waals surface area contributed by atoms with Gasteiger partial charge in [0, 0.05) is 29.2 Å². The minimum atomic E-state index is -0.351. The molecule has 0 radical (unpaired) electrons. The maximum Gasteiger partial charge on any atom is 0.196 e. The van der Waals surface area contributed by atoms with Crippen LogP contribution < -0.4 is 10.7 Å². The van der Waals surface area contributed by atoms with E-state index >= 15 is 0 Å². The van der Waals surface area contributed by atoms with Crippen LogP contribution in [0, 0.1) is 5.82 Å². The summed E-state index contributed by atoms with van der Waals surface area (Å²) in [4.78, 5) is 13.0. The molecule has 1 aromatic carbocycles. The first kappa shape index (κ1) is 20.6. The number of nitrogens with zero attached hydrogens (tertiary/aromatic N) is 1. The molecule has 28 heavy (non-hydrogen) atoms. The van der Waals surface area contributed by atoms with E-state index < -0.39 is 0 Å². The van der Waals surface area contributed by atoms with Crippen molar-refractivity contribution in [1.29, 1.82) is 0 Å². The van der Waals surface area contributed by atoms with E-state index in [0.717, 1.165) is 49.6 Å². The van der Waals surface area contributed by atoms with Crippen LogP contribution in [0.5, 0.6) is 0 Å². The highest BCUT2D eigenvalue weighted by Crippen LogP contribution is 2.34. The number of hydrogen-bond acceptors (Lipinski definition) is 2. The number of allylic oxidation sites excluding steroid dienone is 1. The Bertz CT molecular complexity index is 909. The molecular formula is C24H33FN2O. The topological polar surface area (TPSA) is 34.0 Å². The number of rotatable bonds is 8. The number of fused-ring (bicyclic) bond motifs is 1. The van der Waals surface area contributed by atoms with Crippen molar-refractivity contribution in [1.82, 2.24) is 4.57 Å². The van der Waals surface area contributed by atoms with Crippen molar-refractivity contribution < 1.29 is 4.39 Å². The first-order chi connectivity index (χ1) is 13.5. The van der Waals surface area contributed by atoms with Gasteiger partial charge in [0.15, 0.2) is 5.43 Å². The molecule has 3 rings (SSSR count). The lowest BCUT2D eigenvalue weighted by Crippen LogP contribution is -2.20. The van der Waals surface area contributed by atoms with Gasteiger partial charge in [-0.3, -0.25) is 4.79 Å². The molecule has 1 unspecified atom stereocenters. The number of nitrogens with one attached hydrogen (secondary N) is 1. The normalized spacial score (nSPS) is 15.9. The molecular weight excluding hydrogens is 351 g/mol. The molecule has 0 spiro atoms. The summed E-state index contributed by atoms with van der Waals surface area (Å²) < 4.78 is 17.1. The van der Waals surface area contributed by atoms with E-state index in [1.807, 2.05) is 19.2 Å². The molecule has 1 aliphatic carbocycles. The second-order valence-corrected chi connectivity index (χ2v) is 8.24. The predicted octanol–water partition coefficient (Wildman–Crippen LogP) is 6.67. The Kier molecular flexibility index (Phi) is 6.58. The van der Waals surface area contributed by atoms with Crippen LogP contribution in [0.2, 0.25) is 0 Å². The molecule has 1 aromatic heterocycles. The van der Waals surface area contributed by atoms with Crippen molar-refractivity contribution in [2.24, 2.45) is 0 Å². The minimum Gasteiger partial charge on any atom is -0.380 e. The molecule has 4 heteroatoms. The molecule has 1 heterocycles. The summed E-state index contributed by atoms with van der Waals surface area (Å²) in [6.45, 7) is 10.1. The highest BCUT2D eigenvalue weighted by molar-refractivity contribution is 5.86. The van der Waals surface area contributed by atoms with Crippen molar-refractivity contribution in [3.8, 4) is 0 Å². The van der Waals surface area contributed by atoms with Crippen LogP contribution in [0.15, 0.2) is 29.7 Å². The smallest absolute Gasteiger partial charge is 0.196 e. The van der Waals surface area contributed by atoms with Crippen LogP contribution in [0.4, 0.5) is 10.1 Å². The SMILES string of the molecule is C=C(C)c1cn(C2CCCC2)c2cc(NC(CC)CCCC)c(F)cc2c1=O. The van der Waals surface area contributed by atoms with Crippen LogP contribution in [-0.4, -0.2) is 10.6 Å². The quantitative estimate of drug-likeness (QED) is 0.551. The largest absolute Gasteiger partial charge is 0.380 e. The molecule has 0 saturated heterocycles. The summed E-state index contributed by atoms with van der Waals surface area (Å²) in [7, 11) is 0. The fourth-order valence-electron chi connectivity index (χ4n) is 4.32. The van der Waals surface area contributed by atoms with Gasteiger partial charge in [0.05, 0.1) is 11.2 Å². The lowest BCUT2D eigenvalue weighted by molar-refractivity contribution is 0.531. The van der Waals surface area contributed by atoms with Gasteiger partial charge in [-0.1, -0.05) is 46.1 Å². The van der Waals surface area contributed by atoms with Gasteiger partial charge in [-0.2, -0.15) is 0 Å². The Labute approximate surface area is 167 Å². The van der Waals surface area contributed by atoms with Gasteiger partial charge in [0.1, 0.15) is 5.82 Å². The average Bonchev–Trinajstić information content (AvgIpc) is 3.20. The fourth-order valence-corrected chi connectivity index (χ4v) is 4.32. The molecule has 152 valence electrons. The Hall–Kier alpha value is -2.10. The first-order valence-electron chi connectivity index (χ1n) is 10.8. The van der Waals surface area contributed by atoms with Gasteiger partial charge < -0.3 is 9.88 Å². The van der Waals surface area contributed by atoms with Crippen LogP contribution >= 0.6 is 0 Å². The van der Waals surface area contributed by atoms with E-state index in [1.54, 1.807) is 0 Å². The lowest BCUT2D eigenvalue weighted by atomic mass is 10.0. The summed E-state index contributed by atoms with van der Waals surface area (Å²) >= 11 is 0. The van der Waals surface area contributed by atoms with E-state index in [9.17, 15) is 9.18 Å². The van der Waals surface area contributed by atoms with Gasteiger partial charge in [-0.05, 0) is 50.3 Å². The molecule has 3 nitrogen and oxygen atoms in total. The van der Waals surface area contributed by atoms with Gasteiger partial charge >= 0.3 is 0 Å². The van der Waals surface area contributed by atoms with Crippen molar-refractivity contribution in [2.45, 2.75) is 84.2 Å². The maximum atomic E-state index is 14.9. The zero-order chi connectivity index (χ0) is 20.3. The zero-order valence-corrected chi connectivity index (χ0v) is 17.5. The van der Waals surface area contributed by atoms with E-state index in [4.69, 9.17) is 0 Å². The third-order valence-electron chi connectivity index (χ3n) is 6.06. The van der Waals surface area contributed by atoms with Gasteiger partial charge in [-0.15, -0.1) is 0 Å². The molecule has 1 fully saturated rings. The molecule has 0 aliphatic heterocycles. The molecule has 2 aromatic rings. The standard InChI is InChI=1S/C24H33FN2O/c1-5-7-10-17(6-2)26-22-14-23-19(13-21(22)25)24(28)20(16(3)4)15-27(23)18-11-8-9-12-18/h13-15,17-18,26H,3,5-12H2,1-2,4H3. The Balaban J connectivity index is 2.12. The average molecular weight is 385 g/mol. The first-order valence-corrected chi connectivity index (χ1v) is 10.8. The molecule has 1 N–H and O–H groups in total. The van der Waals surface area contributed by atoms with Crippen molar-refractivity contribution in [3.63, 3.8) is 0 Å². The van der Waals surface area contributed by atoms with Crippen LogP contribution in [-0.2, 0) is 0 Å². The molecule has 1 atom stereocenters. The third-order valence-corrected chi connectivity index (χ3v) is 6.06. The van der Waals surface area contributed by atoms with Crippen LogP contribution in [0.3, 0.4) is 0 Å². The highest BCUT2D eigenvalue weighted by atomic mass is 19.1. The number of pyridine rings is 1. The monoisotopic (exact) mass is 384 g/mol. The summed E-state index contributed by atoms with van der Waals surface area (Å²) in [6, 6.07) is 3.88. The van der Waals surface area contributed by atoms with Crippen molar-refractivity contribution in [2.75, 3.05) is 5.32 Å². The van der Waals surface area contributed by atoms with E-state index in [-0.39, 0.29) is 17.3 Å². The second-order valence-electron chi connectivity index (χ2n) is 8.24. The summed E-state index contributed by atoms with van der Waals surface area (Å²) in [5, 5.41) is 3.85. The Morgan fingerprint density at radius 3 is 2.64 bits per heavy atom. The molecule has 0 amide bonds. The zero-order valence-electron chi connectivity index (χ0n) is 17.5. The van der Waals surface area contributed by atoms with Crippen molar-refractivity contribution in [3.05, 3.63) is 46.5 Å². The lowest BCUT2D eigenvalue weighted by Gasteiger charge is -2.22. The third kappa shape index (κ3) is 4.16. The number of unbranched alkanes of at least 4 members (excludes halogenated alkanes) is 1. The Morgan fingerprint density at radius 1 is 1.32 bits per heavy atom. The van der Waals surface area contributed by atoms with E-state index in [1.165, 1.54) is 18.9 Å². The van der Waals surface area contributed by atoms with Gasteiger partial charge in [-0.25, -0.2) is 4.39 Å². The van der Waals surface area contributed by atoms with Crippen molar-refractivity contribution >= 4 is 22.2 Å². The van der Waals surface area contributed by atoms with E-state index in [0.29, 0.717) is 22.7 Å². The van der Waals surface area contributed by atoms with Crippen LogP contribution in [0.1, 0.15) is 83.7 Å².